The van der Waals surface area contributed by atoms with Gasteiger partial charge in [-0.3, -0.25) is 9.78 Å². The van der Waals surface area contributed by atoms with Crippen LogP contribution in [0.25, 0.3) is 10.9 Å². The molecule has 86 valence electrons. The van der Waals surface area contributed by atoms with Crippen LogP contribution >= 0.6 is 11.6 Å². The van der Waals surface area contributed by atoms with Crippen LogP contribution in [-0.2, 0) is 4.79 Å². The molecular formula is C13H11ClN2O. The van der Waals surface area contributed by atoms with E-state index in [4.69, 9.17) is 11.6 Å². The van der Waals surface area contributed by atoms with Crippen LogP contribution < -0.4 is 5.32 Å². The highest BCUT2D eigenvalue weighted by atomic mass is 35.5. The third-order valence-corrected chi connectivity index (χ3v) is 2.60. The largest absolute Gasteiger partial charge is 0.322 e. The van der Waals surface area contributed by atoms with Crippen LogP contribution in [0.2, 0.25) is 5.02 Å². The maximum Gasteiger partial charge on any atom is 0.248 e. The molecule has 0 aliphatic rings. The zero-order valence-electron chi connectivity index (χ0n) is 9.27. The van der Waals surface area contributed by atoms with Crippen molar-refractivity contribution in [3.63, 3.8) is 0 Å². The lowest BCUT2D eigenvalue weighted by Crippen LogP contribution is -2.08. The Hall–Kier alpha value is -1.87. The second kappa shape index (κ2) is 4.97. The molecule has 3 nitrogen and oxygen atoms in total. The number of benzene rings is 1. The van der Waals surface area contributed by atoms with E-state index in [0.29, 0.717) is 16.2 Å². The SMILES string of the molecule is CC=CC(=O)Nc1ccc(Cl)c2ncccc12. The molecule has 0 unspecified atom stereocenters. The van der Waals surface area contributed by atoms with Gasteiger partial charge in [-0.2, -0.15) is 0 Å². The Morgan fingerprint density at radius 1 is 1.41 bits per heavy atom. The number of anilines is 1. The third kappa shape index (κ3) is 2.45. The molecule has 2 aromatic rings. The Bertz CT molecular complexity index is 593. The summed E-state index contributed by atoms with van der Waals surface area (Å²) in [6.45, 7) is 1.79. The van der Waals surface area contributed by atoms with Crippen molar-refractivity contribution in [1.29, 1.82) is 0 Å². The van der Waals surface area contributed by atoms with Crippen molar-refractivity contribution in [3.05, 3.63) is 47.6 Å². The molecule has 0 saturated carbocycles. The molecule has 1 aromatic carbocycles. The Labute approximate surface area is 104 Å². The number of nitrogens with one attached hydrogen (secondary N) is 1. The van der Waals surface area contributed by atoms with E-state index in [1.807, 2.05) is 12.1 Å². The number of fused-ring (bicyclic) bond motifs is 1. The molecule has 4 heteroatoms. The first-order valence-corrected chi connectivity index (χ1v) is 5.57. The van der Waals surface area contributed by atoms with Crippen molar-refractivity contribution < 1.29 is 4.79 Å². The van der Waals surface area contributed by atoms with Gasteiger partial charge < -0.3 is 5.32 Å². The van der Waals surface area contributed by atoms with Gasteiger partial charge in [0, 0.05) is 11.6 Å². The fourth-order valence-corrected chi connectivity index (χ4v) is 1.79. The molecule has 17 heavy (non-hydrogen) atoms. The number of carbonyl (C=O) groups is 1. The van der Waals surface area contributed by atoms with Crippen LogP contribution in [0, 0.1) is 0 Å². The van der Waals surface area contributed by atoms with Crippen LogP contribution in [0.5, 0.6) is 0 Å². The highest BCUT2D eigenvalue weighted by Gasteiger charge is 2.06. The molecule has 1 aromatic heterocycles. The maximum atomic E-state index is 11.5. The molecule has 0 aliphatic carbocycles. The summed E-state index contributed by atoms with van der Waals surface area (Å²) in [7, 11) is 0. The van der Waals surface area contributed by atoms with Gasteiger partial charge in [-0.15, -0.1) is 0 Å². The lowest BCUT2D eigenvalue weighted by Gasteiger charge is -2.07. The highest BCUT2D eigenvalue weighted by molar-refractivity contribution is 6.35. The van der Waals surface area contributed by atoms with E-state index in [9.17, 15) is 4.79 Å². The molecule has 0 atom stereocenters. The topological polar surface area (TPSA) is 42.0 Å². The molecule has 1 heterocycles. The fraction of sp³-hybridized carbons (Fsp3) is 0.0769. The molecule has 0 fully saturated rings. The number of carbonyl (C=O) groups excluding carboxylic acids is 1. The monoisotopic (exact) mass is 246 g/mol. The van der Waals surface area contributed by atoms with Crippen LogP contribution in [0.4, 0.5) is 5.69 Å². The van der Waals surface area contributed by atoms with Gasteiger partial charge in [0.25, 0.3) is 0 Å². The van der Waals surface area contributed by atoms with Crippen molar-refractivity contribution in [2.24, 2.45) is 0 Å². The van der Waals surface area contributed by atoms with E-state index < -0.39 is 0 Å². The summed E-state index contributed by atoms with van der Waals surface area (Å²) in [6.07, 6.45) is 4.83. The van der Waals surface area contributed by atoms with Gasteiger partial charge in [-0.05, 0) is 37.3 Å². The van der Waals surface area contributed by atoms with E-state index in [2.05, 4.69) is 10.3 Å². The smallest absolute Gasteiger partial charge is 0.248 e. The van der Waals surface area contributed by atoms with Gasteiger partial charge >= 0.3 is 0 Å². The summed E-state index contributed by atoms with van der Waals surface area (Å²) in [5, 5.41) is 4.19. The number of nitrogens with zero attached hydrogens (tertiary/aromatic N) is 1. The number of hydrogen-bond donors (Lipinski definition) is 1. The number of amides is 1. The first-order chi connectivity index (χ1) is 8.22. The summed E-state index contributed by atoms with van der Waals surface area (Å²) in [4.78, 5) is 15.7. The average molecular weight is 247 g/mol. The summed E-state index contributed by atoms with van der Waals surface area (Å²) in [5.74, 6) is -0.167. The van der Waals surface area contributed by atoms with Crippen LogP contribution in [0.15, 0.2) is 42.6 Å². The van der Waals surface area contributed by atoms with Gasteiger partial charge in [0.15, 0.2) is 0 Å². The predicted octanol–water partition coefficient (Wildman–Crippen LogP) is 3.40. The molecule has 0 spiro atoms. The van der Waals surface area contributed by atoms with Crippen molar-refractivity contribution in [3.8, 4) is 0 Å². The second-order valence-electron chi connectivity index (χ2n) is 3.48. The molecule has 0 radical (unpaired) electrons. The van der Waals surface area contributed by atoms with Gasteiger partial charge in [0.05, 0.1) is 16.2 Å². The van der Waals surface area contributed by atoms with E-state index in [1.54, 1.807) is 31.3 Å². The summed E-state index contributed by atoms with van der Waals surface area (Å²) >= 11 is 6.04. The van der Waals surface area contributed by atoms with Crippen LogP contribution in [0.3, 0.4) is 0 Å². The van der Waals surface area contributed by atoms with Gasteiger partial charge in [0.2, 0.25) is 5.91 Å². The quantitative estimate of drug-likeness (QED) is 0.826. The first-order valence-electron chi connectivity index (χ1n) is 5.19. The predicted molar refractivity (Wildman–Crippen MR) is 70.2 cm³/mol. The molecule has 0 saturated heterocycles. The number of allylic oxidation sites excluding steroid dienone is 1. The van der Waals surface area contributed by atoms with Crippen LogP contribution in [-0.4, -0.2) is 10.9 Å². The molecule has 1 N–H and O–H groups in total. The van der Waals surface area contributed by atoms with E-state index >= 15 is 0 Å². The fourth-order valence-electron chi connectivity index (χ4n) is 1.57. The Morgan fingerprint density at radius 2 is 2.24 bits per heavy atom. The number of pyridine rings is 1. The van der Waals surface area contributed by atoms with Crippen molar-refractivity contribution in [2.75, 3.05) is 5.32 Å². The van der Waals surface area contributed by atoms with Crippen molar-refractivity contribution in [2.45, 2.75) is 6.92 Å². The molecule has 0 bridgehead atoms. The molecule has 2 rings (SSSR count). The zero-order valence-corrected chi connectivity index (χ0v) is 10.0. The minimum Gasteiger partial charge on any atom is -0.322 e. The van der Waals surface area contributed by atoms with E-state index in [0.717, 1.165) is 5.39 Å². The van der Waals surface area contributed by atoms with Gasteiger partial charge in [-0.1, -0.05) is 17.7 Å². The summed E-state index contributed by atoms with van der Waals surface area (Å²) < 4.78 is 0. The van der Waals surface area contributed by atoms with Crippen molar-refractivity contribution in [1.82, 2.24) is 4.98 Å². The Morgan fingerprint density at radius 3 is 3.00 bits per heavy atom. The van der Waals surface area contributed by atoms with Gasteiger partial charge in [0.1, 0.15) is 0 Å². The normalized spacial score (nSPS) is 10.9. The summed E-state index contributed by atoms with van der Waals surface area (Å²) in [6, 6.07) is 7.18. The standard InChI is InChI=1S/C13H11ClN2O/c1-2-4-12(17)16-11-7-6-10(14)13-9(11)5-3-8-15-13/h2-8H,1H3,(H,16,17). The maximum absolute atomic E-state index is 11.5. The van der Waals surface area contributed by atoms with E-state index in [1.165, 1.54) is 6.08 Å². The highest BCUT2D eigenvalue weighted by Crippen LogP contribution is 2.27. The number of hydrogen-bond acceptors (Lipinski definition) is 2. The number of rotatable bonds is 2. The minimum atomic E-state index is -0.167. The second-order valence-corrected chi connectivity index (χ2v) is 3.89. The van der Waals surface area contributed by atoms with E-state index in [-0.39, 0.29) is 5.91 Å². The third-order valence-electron chi connectivity index (χ3n) is 2.30. The molecule has 0 aliphatic heterocycles. The Kier molecular flexibility index (Phi) is 3.40. The first kappa shape index (κ1) is 11.6. The molecular weight excluding hydrogens is 236 g/mol. The zero-order chi connectivity index (χ0) is 12.3. The Balaban J connectivity index is 2.48. The van der Waals surface area contributed by atoms with Crippen molar-refractivity contribution >= 4 is 34.1 Å². The molecule has 1 amide bonds. The lowest BCUT2D eigenvalue weighted by atomic mass is 10.2. The van der Waals surface area contributed by atoms with Crippen LogP contribution in [0.1, 0.15) is 6.92 Å². The lowest BCUT2D eigenvalue weighted by molar-refractivity contribution is -0.111. The van der Waals surface area contributed by atoms with Gasteiger partial charge in [-0.25, -0.2) is 0 Å². The minimum absolute atomic E-state index is 0.167. The number of aromatic nitrogens is 1. The average Bonchev–Trinajstić information content (AvgIpc) is 2.34. The number of halogens is 1. The summed E-state index contributed by atoms with van der Waals surface area (Å²) in [5.41, 5.74) is 1.40.